The van der Waals surface area contributed by atoms with E-state index >= 15 is 0 Å². The van der Waals surface area contributed by atoms with Crippen molar-refractivity contribution in [3.8, 4) is 32.8 Å². The van der Waals surface area contributed by atoms with E-state index in [1.807, 2.05) is 24.4 Å². The second-order valence-corrected chi connectivity index (χ2v) is 9.76. The first-order chi connectivity index (χ1) is 17.3. The van der Waals surface area contributed by atoms with E-state index in [2.05, 4.69) is 85.6 Å². The van der Waals surface area contributed by atoms with Gasteiger partial charge in [-0.15, -0.1) is 47.2 Å². The van der Waals surface area contributed by atoms with Crippen LogP contribution in [0.5, 0.6) is 0 Å². The molecular weight excluding hydrogens is 655 g/mol. The number of aromatic nitrogens is 1. The number of carbonyl (C=O) groups excluding carboxylic acids is 1. The summed E-state index contributed by atoms with van der Waals surface area (Å²) in [6.07, 6.45) is 3.05. The summed E-state index contributed by atoms with van der Waals surface area (Å²) < 4.78 is 1.21. The zero-order valence-corrected chi connectivity index (χ0v) is 24.4. The Morgan fingerprint density at radius 3 is 2.16 bits per heavy atom. The van der Waals surface area contributed by atoms with Gasteiger partial charge in [0.1, 0.15) is 0 Å². The van der Waals surface area contributed by atoms with Gasteiger partial charge < -0.3 is 10.1 Å². The monoisotopic (exact) mass is 683 g/mol. The van der Waals surface area contributed by atoms with Crippen molar-refractivity contribution >= 4 is 27.2 Å². The van der Waals surface area contributed by atoms with E-state index in [0.717, 1.165) is 11.3 Å². The van der Waals surface area contributed by atoms with Crippen molar-refractivity contribution in [2.24, 2.45) is 0 Å². The number of nitrogens with zero attached hydrogens (tertiary/aromatic N) is 1. The number of hydrogen-bond acceptors (Lipinski definition) is 4. The number of allylic oxidation sites excluding steroid dienone is 2. The molecule has 2 aromatic heterocycles. The van der Waals surface area contributed by atoms with Crippen molar-refractivity contribution in [1.29, 1.82) is 0 Å². The van der Waals surface area contributed by atoms with Crippen molar-refractivity contribution in [1.82, 2.24) is 4.98 Å². The van der Waals surface area contributed by atoms with E-state index < -0.39 is 0 Å². The van der Waals surface area contributed by atoms with Crippen LogP contribution in [0, 0.1) is 19.9 Å². The van der Waals surface area contributed by atoms with Gasteiger partial charge in [-0.1, -0.05) is 42.5 Å². The topological polar surface area (TPSA) is 50.2 Å². The molecule has 0 spiro atoms. The fourth-order valence-electron chi connectivity index (χ4n) is 4.20. The quantitative estimate of drug-likeness (QED) is 0.117. The molecule has 0 fully saturated rings. The van der Waals surface area contributed by atoms with Gasteiger partial charge in [0, 0.05) is 47.6 Å². The summed E-state index contributed by atoms with van der Waals surface area (Å²) in [7, 11) is 0. The molecule has 0 saturated carbocycles. The normalized spacial score (nSPS) is 10.9. The number of fused-ring (bicyclic) bond motifs is 1. The Balaban J connectivity index is 0.000000422. The molecule has 37 heavy (non-hydrogen) atoms. The number of hydrogen-bond donors (Lipinski definition) is 1. The molecular formula is C32H28IrNO2S-. The third-order valence-electron chi connectivity index (χ3n) is 5.75. The zero-order valence-electron chi connectivity index (χ0n) is 21.2. The van der Waals surface area contributed by atoms with Gasteiger partial charge in [-0.3, -0.25) is 4.79 Å². The molecule has 0 unspecified atom stereocenters. The number of rotatable bonds is 4. The first-order valence-electron chi connectivity index (χ1n) is 11.7. The minimum atomic E-state index is -0.125. The van der Waals surface area contributed by atoms with Gasteiger partial charge >= 0.3 is 0 Å². The fraction of sp³-hybridized carbons (Fsp3) is 0.125. The molecule has 5 rings (SSSR count). The average molecular weight is 683 g/mol. The molecule has 0 amide bonds. The Bertz CT molecular complexity index is 1510. The first kappa shape index (κ1) is 28.2. The maximum Gasteiger partial charge on any atom is 0.155 e. The number of pyridine rings is 1. The van der Waals surface area contributed by atoms with Crippen LogP contribution >= 0.6 is 11.3 Å². The van der Waals surface area contributed by atoms with E-state index in [-0.39, 0.29) is 31.6 Å². The van der Waals surface area contributed by atoms with E-state index in [4.69, 9.17) is 5.11 Å². The van der Waals surface area contributed by atoms with Crippen LogP contribution < -0.4 is 0 Å². The van der Waals surface area contributed by atoms with Crippen LogP contribution in [0.15, 0.2) is 96.9 Å². The molecule has 0 aliphatic heterocycles. The van der Waals surface area contributed by atoms with Crippen molar-refractivity contribution in [3.63, 3.8) is 0 Å². The summed E-state index contributed by atoms with van der Waals surface area (Å²) in [5.41, 5.74) is 8.52. The number of thiophene rings is 1. The molecule has 0 aliphatic carbocycles. The molecule has 5 aromatic rings. The van der Waals surface area contributed by atoms with Crippen LogP contribution in [-0.4, -0.2) is 15.9 Å². The van der Waals surface area contributed by atoms with Crippen molar-refractivity contribution in [3.05, 3.63) is 114 Å². The van der Waals surface area contributed by atoms with Gasteiger partial charge in [0.15, 0.2) is 5.78 Å². The predicted molar refractivity (Wildman–Crippen MR) is 151 cm³/mol. The third kappa shape index (κ3) is 6.90. The smallest absolute Gasteiger partial charge is 0.155 e. The summed E-state index contributed by atoms with van der Waals surface area (Å²) in [5, 5.41) is 9.59. The van der Waals surface area contributed by atoms with Crippen molar-refractivity contribution < 1.29 is 30.0 Å². The minimum absolute atomic E-state index is 0. The van der Waals surface area contributed by atoms with Crippen LogP contribution in [0.25, 0.3) is 42.9 Å². The van der Waals surface area contributed by atoms with Gasteiger partial charge in [0.2, 0.25) is 0 Å². The number of benzene rings is 3. The predicted octanol–water partition coefficient (Wildman–Crippen LogP) is 8.75. The standard InChI is InChI=1S/C27H20NS.C5H8O2.Ir/c1-18-7-6-8-19(2)25(18)21-13-11-20(12-14-21)24-17-23-15-16-28-26(27(23)29-24)22-9-4-3-5-10-22;1-4(6)3-5(2)7;/h3-9,11-17H,1-2H3;3,6H,1-2H3;/q-1;;/b;4-3-;. The van der Waals surface area contributed by atoms with Gasteiger partial charge in [0.05, 0.1) is 5.76 Å². The van der Waals surface area contributed by atoms with Crippen LogP contribution in [0.4, 0.5) is 0 Å². The number of carbonyl (C=O) groups is 1. The maximum atomic E-state index is 10.0. The summed E-state index contributed by atoms with van der Waals surface area (Å²) in [6, 6.07) is 31.1. The molecule has 5 heteroatoms. The Hall–Kier alpha value is -3.37. The molecule has 0 aliphatic rings. The van der Waals surface area contributed by atoms with Crippen molar-refractivity contribution in [2.75, 3.05) is 0 Å². The molecule has 1 N–H and O–H groups in total. The molecule has 0 saturated heterocycles. The number of aryl methyl sites for hydroxylation is 2. The van der Waals surface area contributed by atoms with Crippen LogP contribution in [0.3, 0.4) is 0 Å². The summed E-state index contributed by atoms with van der Waals surface area (Å²) in [4.78, 5) is 15.9. The molecule has 2 heterocycles. The van der Waals surface area contributed by atoms with Gasteiger partial charge in [-0.05, 0) is 73.0 Å². The van der Waals surface area contributed by atoms with Crippen molar-refractivity contribution in [2.45, 2.75) is 27.7 Å². The fourth-order valence-corrected chi connectivity index (χ4v) is 5.37. The molecule has 3 nitrogen and oxygen atoms in total. The molecule has 0 bridgehead atoms. The Morgan fingerprint density at radius 1 is 0.919 bits per heavy atom. The van der Waals surface area contributed by atoms with E-state index in [1.165, 1.54) is 62.7 Å². The molecule has 0 atom stereocenters. The minimum Gasteiger partial charge on any atom is -0.512 e. The van der Waals surface area contributed by atoms with Crippen LogP contribution in [0.2, 0.25) is 0 Å². The summed E-state index contributed by atoms with van der Waals surface area (Å²) in [6.45, 7) is 7.20. The summed E-state index contributed by atoms with van der Waals surface area (Å²) >= 11 is 1.80. The van der Waals surface area contributed by atoms with E-state index in [9.17, 15) is 4.79 Å². The Kier molecular flexibility index (Phi) is 9.71. The average Bonchev–Trinajstić information content (AvgIpc) is 3.29. The van der Waals surface area contributed by atoms with E-state index in [0.29, 0.717) is 0 Å². The first-order valence-corrected chi connectivity index (χ1v) is 12.6. The SMILES string of the molecule is CC(=O)/C=C(/C)O.Cc1cccc(C)c1-c1ccc(-c2cc3ccnc(-c4[c-]cccc4)c3s2)cc1.[Ir]. The zero-order chi connectivity index (χ0) is 25.7. The van der Waals surface area contributed by atoms with Gasteiger partial charge in [-0.25, -0.2) is 0 Å². The molecule has 189 valence electrons. The van der Waals surface area contributed by atoms with E-state index in [1.54, 1.807) is 11.3 Å². The largest absolute Gasteiger partial charge is 0.512 e. The van der Waals surface area contributed by atoms with Crippen LogP contribution in [0.1, 0.15) is 25.0 Å². The van der Waals surface area contributed by atoms with Gasteiger partial charge in [0.25, 0.3) is 0 Å². The second kappa shape index (κ2) is 12.7. The Labute approximate surface area is 235 Å². The summed E-state index contributed by atoms with van der Waals surface area (Å²) in [5.74, 6) is -0.0625. The second-order valence-electron chi connectivity index (χ2n) is 8.71. The molecule has 3 aromatic carbocycles. The molecule has 1 radical (unpaired) electrons. The number of aliphatic hydroxyl groups is 1. The van der Waals surface area contributed by atoms with Crippen LogP contribution in [-0.2, 0) is 24.9 Å². The number of ketones is 1. The third-order valence-corrected chi connectivity index (χ3v) is 6.96. The Morgan fingerprint density at radius 2 is 1.59 bits per heavy atom. The van der Waals surface area contributed by atoms with Gasteiger partial charge in [-0.2, -0.15) is 0 Å². The maximum absolute atomic E-state index is 10.0. The number of aliphatic hydroxyl groups excluding tert-OH is 1.